The minimum Gasteiger partial charge on any atom is -0.354 e. The van der Waals surface area contributed by atoms with Crippen molar-refractivity contribution >= 4 is 11.9 Å². The summed E-state index contributed by atoms with van der Waals surface area (Å²) in [5, 5.41) is 7.28. The van der Waals surface area contributed by atoms with Gasteiger partial charge in [0.15, 0.2) is 0 Å². The summed E-state index contributed by atoms with van der Waals surface area (Å²) in [6, 6.07) is 0. The molecule has 2 heterocycles. The molecule has 0 radical (unpaired) electrons. The zero-order valence-electron chi connectivity index (χ0n) is 11.7. The zero-order chi connectivity index (χ0) is 14.5. The van der Waals surface area contributed by atoms with Crippen molar-refractivity contribution < 1.29 is 0 Å². The monoisotopic (exact) mass is 289 g/mol. The van der Waals surface area contributed by atoms with Crippen LogP contribution < -0.4 is 16.6 Å². The second-order valence-corrected chi connectivity index (χ2v) is 5.15. The minimum absolute atomic E-state index is 0.293. The van der Waals surface area contributed by atoms with Crippen molar-refractivity contribution in [3.63, 3.8) is 0 Å². The normalized spacial score (nSPS) is 15.9. The maximum Gasteiger partial charge on any atom is 0.258 e. The second kappa shape index (κ2) is 6.44. The molecule has 0 unspecified atom stereocenters. The molecule has 3 rings (SSSR count). The molecule has 0 spiro atoms. The Labute approximate surface area is 122 Å². The standard InChI is InChI=1S/C12H19N9/c13-20-11-17-10(15-6-9-4-2-1-3-5-9)18-12(19-11)21-8-14-7-16-21/h7-9H,1-6,13H2,(H2,15,17,18,19,20). The predicted octanol–water partition coefficient (Wildman–Crippen LogP) is 0.730. The van der Waals surface area contributed by atoms with Crippen molar-refractivity contribution in [2.24, 2.45) is 11.8 Å². The molecule has 2 aromatic heterocycles. The molecule has 0 amide bonds. The molecule has 0 saturated heterocycles. The fraction of sp³-hybridized carbons (Fsp3) is 0.583. The summed E-state index contributed by atoms with van der Waals surface area (Å²) in [5.41, 5.74) is 2.44. The molecule has 4 N–H and O–H groups in total. The van der Waals surface area contributed by atoms with Crippen LogP contribution in [-0.4, -0.2) is 36.3 Å². The first kappa shape index (κ1) is 13.7. The molecule has 0 aliphatic heterocycles. The highest BCUT2D eigenvalue weighted by molar-refractivity contribution is 5.36. The number of nitrogens with two attached hydrogens (primary N) is 1. The van der Waals surface area contributed by atoms with Crippen LogP contribution in [0, 0.1) is 5.92 Å². The molecule has 1 aliphatic rings. The van der Waals surface area contributed by atoms with Crippen LogP contribution in [0.3, 0.4) is 0 Å². The molecule has 0 bridgehead atoms. The van der Waals surface area contributed by atoms with Crippen molar-refractivity contribution in [3.8, 4) is 5.95 Å². The Bertz CT molecular complexity index is 562. The van der Waals surface area contributed by atoms with Gasteiger partial charge in [-0.25, -0.2) is 10.8 Å². The van der Waals surface area contributed by atoms with Gasteiger partial charge in [-0.3, -0.25) is 5.43 Å². The summed E-state index contributed by atoms with van der Waals surface area (Å²) in [4.78, 5) is 16.6. The van der Waals surface area contributed by atoms with Crippen LogP contribution in [0.1, 0.15) is 32.1 Å². The second-order valence-electron chi connectivity index (χ2n) is 5.15. The molecule has 0 atom stereocenters. The lowest BCUT2D eigenvalue weighted by Crippen LogP contribution is -2.20. The Hall–Kier alpha value is -2.29. The molecule has 1 saturated carbocycles. The van der Waals surface area contributed by atoms with Crippen molar-refractivity contribution in [2.75, 3.05) is 17.3 Å². The van der Waals surface area contributed by atoms with Gasteiger partial charge in [0.2, 0.25) is 11.9 Å². The molecule has 0 aromatic carbocycles. The lowest BCUT2D eigenvalue weighted by Gasteiger charge is -2.21. The summed E-state index contributed by atoms with van der Waals surface area (Å²) < 4.78 is 1.47. The van der Waals surface area contributed by atoms with E-state index >= 15 is 0 Å². The fourth-order valence-electron chi connectivity index (χ4n) is 2.55. The van der Waals surface area contributed by atoms with Crippen LogP contribution in [0.5, 0.6) is 0 Å². The average molecular weight is 289 g/mol. The summed E-state index contributed by atoms with van der Waals surface area (Å²) in [5.74, 6) is 7.25. The Morgan fingerprint density at radius 2 is 1.95 bits per heavy atom. The topological polar surface area (TPSA) is 119 Å². The Morgan fingerprint density at radius 3 is 2.67 bits per heavy atom. The van der Waals surface area contributed by atoms with E-state index in [9.17, 15) is 0 Å². The number of rotatable bonds is 5. The lowest BCUT2D eigenvalue weighted by atomic mass is 9.89. The van der Waals surface area contributed by atoms with Crippen LogP contribution in [0.2, 0.25) is 0 Å². The van der Waals surface area contributed by atoms with Crippen LogP contribution in [0.15, 0.2) is 12.7 Å². The van der Waals surface area contributed by atoms with E-state index in [1.54, 1.807) is 0 Å². The predicted molar refractivity (Wildman–Crippen MR) is 77.6 cm³/mol. The minimum atomic E-state index is 0.293. The van der Waals surface area contributed by atoms with Crippen molar-refractivity contribution in [1.82, 2.24) is 29.7 Å². The number of hydrogen-bond donors (Lipinski definition) is 3. The van der Waals surface area contributed by atoms with Crippen LogP contribution in [-0.2, 0) is 0 Å². The number of hydrogen-bond acceptors (Lipinski definition) is 8. The molecule has 112 valence electrons. The summed E-state index contributed by atoms with van der Waals surface area (Å²) >= 11 is 0. The van der Waals surface area contributed by atoms with Gasteiger partial charge < -0.3 is 5.32 Å². The van der Waals surface area contributed by atoms with Gasteiger partial charge >= 0.3 is 0 Å². The Morgan fingerprint density at radius 1 is 1.14 bits per heavy atom. The van der Waals surface area contributed by atoms with Gasteiger partial charge in [-0.2, -0.15) is 24.7 Å². The first-order valence-electron chi connectivity index (χ1n) is 7.17. The summed E-state index contributed by atoms with van der Waals surface area (Å²) in [6.07, 6.45) is 9.44. The third kappa shape index (κ3) is 3.43. The molecule has 1 aliphatic carbocycles. The molecule has 9 nitrogen and oxygen atoms in total. The van der Waals surface area contributed by atoms with Crippen LogP contribution in [0.4, 0.5) is 11.9 Å². The number of hydrazine groups is 1. The van der Waals surface area contributed by atoms with Crippen LogP contribution in [0.25, 0.3) is 5.95 Å². The molecule has 21 heavy (non-hydrogen) atoms. The van der Waals surface area contributed by atoms with Gasteiger partial charge in [0.1, 0.15) is 12.7 Å². The number of nitrogens with zero attached hydrogens (tertiary/aromatic N) is 6. The third-order valence-electron chi connectivity index (χ3n) is 3.65. The maximum absolute atomic E-state index is 5.40. The number of nitrogen functional groups attached to an aromatic ring is 1. The van der Waals surface area contributed by atoms with E-state index in [4.69, 9.17) is 5.84 Å². The quantitative estimate of drug-likeness (QED) is 0.544. The van der Waals surface area contributed by atoms with Gasteiger partial charge in [-0.1, -0.05) is 19.3 Å². The summed E-state index contributed by atoms with van der Waals surface area (Å²) in [6.45, 7) is 0.866. The highest BCUT2D eigenvalue weighted by atomic mass is 15.4. The van der Waals surface area contributed by atoms with Crippen molar-refractivity contribution in [2.45, 2.75) is 32.1 Å². The highest BCUT2D eigenvalue weighted by Gasteiger charge is 2.14. The van der Waals surface area contributed by atoms with E-state index in [0.717, 1.165) is 6.54 Å². The van der Waals surface area contributed by atoms with Gasteiger partial charge in [0.05, 0.1) is 0 Å². The smallest absolute Gasteiger partial charge is 0.258 e. The van der Waals surface area contributed by atoms with Crippen molar-refractivity contribution in [1.29, 1.82) is 0 Å². The van der Waals surface area contributed by atoms with E-state index in [1.807, 2.05) is 0 Å². The van der Waals surface area contributed by atoms with Gasteiger partial charge in [0, 0.05) is 6.54 Å². The van der Waals surface area contributed by atoms with Gasteiger partial charge in [0.25, 0.3) is 5.95 Å². The number of anilines is 2. The molecular formula is C12H19N9. The maximum atomic E-state index is 5.40. The fourth-order valence-corrected chi connectivity index (χ4v) is 2.55. The van der Waals surface area contributed by atoms with E-state index in [2.05, 4.69) is 35.8 Å². The van der Waals surface area contributed by atoms with E-state index in [1.165, 1.54) is 49.4 Å². The third-order valence-corrected chi connectivity index (χ3v) is 3.65. The van der Waals surface area contributed by atoms with Crippen LogP contribution >= 0.6 is 0 Å². The lowest BCUT2D eigenvalue weighted by molar-refractivity contribution is 0.373. The summed E-state index contributed by atoms with van der Waals surface area (Å²) in [7, 11) is 0. The first-order valence-corrected chi connectivity index (χ1v) is 7.17. The largest absolute Gasteiger partial charge is 0.354 e. The zero-order valence-corrected chi connectivity index (χ0v) is 11.7. The molecule has 1 fully saturated rings. The van der Waals surface area contributed by atoms with E-state index in [0.29, 0.717) is 23.8 Å². The average Bonchev–Trinajstić information content (AvgIpc) is 3.08. The Kier molecular flexibility index (Phi) is 4.20. The van der Waals surface area contributed by atoms with E-state index in [-0.39, 0.29) is 0 Å². The van der Waals surface area contributed by atoms with Crippen molar-refractivity contribution in [3.05, 3.63) is 12.7 Å². The van der Waals surface area contributed by atoms with Gasteiger partial charge in [-0.05, 0) is 18.8 Å². The Balaban J connectivity index is 1.73. The van der Waals surface area contributed by atoms with Gasteiger partial charge in [-0.15, -0.1) is 0 Å². The number of aromatic nitrogens is 6. The highest BCUT2D eigenvalue weighted by Crippen LogP contribution is 2.23. The number of nitrogens with one attached hydrogen (secondary N) is 2. The molecular weight excluding hydrogens is 270 g/mol. The SMILES string of the molecule is NNc1nc(NCC2CCCCC2)nc(-n2cncn2)n1. The first-order chi connectivity index (χ1) is 10.3. The van der Waals surface area contributed by atoms with E-state index < -0.39 is 0 Å². The molecule has 9 heteroatoms. The molecule has 2 aromatic rings.